The molecule has 0 aliphatic carbocycles. The van der Waals surface area contributed by atoms with Gasteiger partial charge >= 0.3 is 6.03 Å². The van der Waals surface area contributed by atoms with Crippen molar-refractivity contribution >= 4 is 23.3 Å². The molecule has 1 aliphatic heterocycles. The summed E-state index contributed by atoms with van der Waals surface area (Å²) in [4.78, 5) is 14.6. The molecule has 2 aromatic rings. The van der Waals surface area contributed by atoms with E-state index in [1.54, 1.807) is 31.4 Å². The number of anilines is 1. The first kappa shape index (κ1) is 23.2. The van der Waals surface area contributed by atoms with Crippen LogP contribution in [0.3, 0.4) is 0 Å². The molecule has 168 valence electrons. The number of nitrogens with one attached hydrogen (secondary N) is 2. The highest BCUT2D eigenvalue weighted by atomic mass is 35.5. The molecule has 2 N–H and O–H groups in total. The molecular formula is C22H26ClF2N3O3. The Bertz CT molecular complexity index is 875. The van der Waals surface area contributed by atoms with Gasteiger partial charge in [0.05, 0.1) is 13.7 Å². The number of hydrogen-bond donors (Lipinski definition) is 2. The maximum absolute atomic E-state index is 14.9. The van der Waals surface area contributed by atoms with Gasteiger partial charge in [0.15, 0.2) is 0 Å². The molecule has 0 spiro atoms. The second-order valence-electron chi connectivity index (χ2n) is 7.41. The summed E-state index contributed by atoms with van der Waals surface area (Å²) in [5.41, 5.74) is 0.512. The maximum atomic E-state index is 14.9. The van der Waals surface area contributed by atoms with Gasteiger partial charge in [0.2, 0.25) is 0 Å². The summed E-state index contributed by atoms with van der Waals surface area (Å²) in [6.45, 7) is 2.20. The highest BCUT2D eigenvalue weighted by molar-refractivity contribution is 6.30. The van der Waals surface area contributed by atoms with Gasteiger partial charge in [-0.25, -0.2) is 13.6 Å². The molecule has 1 heterocycles. The first-order valence-corrected chi connectivity index (χ1v) is 10.4. The topological polar surface area (TPSA) is 62.8 Å². The average molecular weight is 454 g/mol. The van der Waals surface area contributed by atoms with Gasteiger partial charge in [-0.15, -0.1) is 0 Å². The van der Waals surface area contributed by atoms with E-state index < -0.39 is 29.6 Å². The fourth-order valence-electron chi connectivity index (χ4n) is 3.81. The fraction of sp³-hybridized carbons (Fsp3) is 0.409. The molecule has 1 saturated heterocycles. The minimum Gasteiger partial charge on any atom is -0.497 e. The molecule has 3 rings (SSSR count). The minimum atomic E-state index is -0.694. The summed E-state index contributed by atoms with van der Waals surface area (Å²) < 4.78 is 39.8. The maximum Gasteiger partial charge on any atom is 0.319 e. The molecule has 1 unspecified atom stereocenters. The van der Waals surface area contributed by atoms with Gasteiger partial charge in [-0.2, -0.15) is 0 Å². The van der Waals surface area contributed by atoms with E-state index in [1.165, 1.54) is 7.11 Å². The smallest absolute Gasteiger partial charge is 0.319 e. The third-order valence-electron chi connectivity index (χ3n) is 5.39. The second kappa shape index (κ2) is 10.7. The lowest BCUT2D eigenvalue weighted by Gasteiger charge is -2.39. The van der Waals surface area contributed by atoms with Crippen LogP contribution in [0, 0.1) is 11.6 Å². The number of halogens is 3. The van der Waals surface area contributed by atoms with Crippen LogP contribution in [0.1, 0.15) is 17.9 Å². The average Bonchev–Trinajstić information content (AvgIpc) is 2.74. The Morgan fingerprint density at radius 3 is 2.48 bits per heavy atom. The number of hydrogen-bond acceptors (Lipinski definition) is 4. The van der Waals surface area contributed by atoms with Gasteiger partial charge in [0.1, 0.15) is 17.4 Å². The SMILES string of the molecule is COCCN1CC[C@@H](NC(=O)Nc2ccc(Cl)cc2)C(c2c(F)cc(OC)cc2F)C1. The molecule has 0 aromatic heterocycles. The zero-order chi connectivity index (χ0) is 22.4. The third kappa shape index (κ3) is 6.06. The molecule has 1 aliphatic rings. The molecule has 2 aromatic carbocycles. The van der Waals surface area contributed by atoms with Crippen molar-refractivity contribution in [3.8, 4) is 5.75 Å². The third-order valence-corrected chi connectivity index (χ3v) is 5.64. The second-order valence-corrected chi connectivity index (χ2v) is 7.84. The van der Waals surface area contributed by atoms with E-state index in [9.17, 15) is 13.6 Å². The summed E-state index contributed by atoms with van der Waals surface area (Å²) in [7, 11) is 2.96. The Labute approximate surface area is 185 Å². The van der Waals surface area contributed by atoms with Crippen molar-refractivity contribution in [2.24, 2.45) is 0 Å². The van der Waals surface area contributed by atoms with Crippen LogP contribution in [-0.2, 0) is 4.74 Å². The van der Waals surface area contributed by atoms with Gasteiger partial charge in [-0.05, 0) is 30.7 Å². The van der Waals surface area contributed by atoms with Crippen molar-refractivity contribution in [2.45, 2.75) is 18.4 Å². The van der Waals surface area contributed by atoms with Crippen molar-refractivity contribution in [3.05, 3.63) is 58.6 Å². The van der Waals surface area contributed by atoms with E-state index in [0.717, 1.165) is 12.1 Å². The van der Waals surface area contributed by atoms with Crippen LogP contribution in [-0.4, -0.2) is 57.4 Å². The van der Waals surface area contributed by atoms with Crippen LogP contribution >= 0.6 is 11.6 Å². The van der Waals surface area contributed by atoms with Gasteiger partial charge in [0, 0.05) is 67.1 Å². The van der Waals surface area contributed by atoms with Crippen molar-refractivity contribution < 1.29 is 23.0 Å². The highest BCUT2D eigenvalue weighted by Crippen LogP contribution is 2.33. The van der Waals surface area contributed by atoms with Crippen molar-refractivity contribution in [1.29, 1.82) is 0 Å². The Balaban J connectivity index is 1.80. The van der Waals surface area contributed by atoms with E-state index in [4.69, 9.17) is 21.1 Å². The number of carbonyl (C=O) groups excluding carboxylic acids is 1. The molecule has 0 bridgehead atoms. The van der Waals surface area contributed by atoms with Crippen LogP contribution in [0.2, 0.25) is 5.02 Å². The predicted octanol–water partition coefficient (Wildman–Crippen LogP) is 4.25. The number of methoxy groups -OCH3 is 2. The predicted molar refractivity (Wildman–Crippen MR) is 116 cm³/mol. The van der Waals surface area contributed by atoms with Gasteiger partial charge in [-0.3, -0.25) is 0 Å². The lowest BCUT2D eigenvalue weighted by atomic mass is 9.85. The molecule has 9 heteroatoms. The van der Waals surface area contributed by atoms with E-state index in [-0.39, 0.29) is 11.3 Å². The minimum absolute atomic E-state index is 0.0558. The monoisotopic (exact) mass is 453 g/mol. The number of ether oxygens (including phenoxy) is 2. The molecule has 0 saturated carbocycles. The Morgan fingerprint density at radius 2 is 1.87 bits per heavy atom. The largest absolute Gasteiger partial charge is 0.497 e. The number of rotatable bonds is 7. The molecule has 6 nitrogen and oxygen atoms in total. The zero-order valence-electron chi connectivity index (χ0n) is 17.5. The molecule has 31 heavy (non-hydrogen) atoms. The van der Waals surface area contributed by atoms with Crippen molar-refractivity contribution in [2.75, 3.05) is 45.8 Å². The van der Waals surface area contributed by atoms with Gasteiger partial charge < -0.3 is 25.0 Å². The summed E-state index contributed by atoms with van der Waals surface area (Å²) in [5, 5.41) is 6.17. The van der Waals surface area contributed by atoms with Crippen LogP contribution in [0.15, 0.2) is 36.4 Å². The van der Waals surface area contributed by atoms with Crippen LogP contribution in [0.5, 0.6) is 5.75 Å². The first-order valence-electron chi connectivity index (χ1n) is 9.98. The fourth-order valence-corrected chi connectivity index (χ4v) is 3.94. The van der Waals surface area contributed by atoms with E-state index in [2.05, 4.69) is 15.5 Å². The first-order chi connectivity index (χ1) is 14.9. The van der Waals surface area contributed by atoms with Crippen molar-refractivity contribution in [1.82, 2.24) is 10.2 Å². The summed E-state index contributed by atoms with van der Waals surface area (Å²) in [5.74, 6) is -1.86. The molecular weight excluding hydrogens is 428 g/mol. The molecule has 2 atom stereocenters. The quantitative estimate of drug-likeness (QED) is 0.657. The number of piperidine rings is 1. The summed E-state index contributed by atoms with van der Waals surface area (Å²) >= 11 is 5.87. The Hall–Kier alpha value is -2.42. The summed E-state index contributed by atoms with van der Waals surface area (Å²) in [6.07, 6.45) is 0.535. The van der Waals surface area contributed by atoms with E-state index >= 15 is 0 Å². The standard InChI is InChI=1S/C22H26ClF2N3O3/c1-30-10-9-28-8-7-20(27-22(29)26-15-5-3-14(23)4-6-15)17(13-28)21-18(24)11-16(31-2)12-19(21)25/h3-6,11-12,17,20H,7-10,13H2,1-2H3,(H2,26,27,29)/t17?,20-/m1/s1. The number of urea groups is 1. The highest BCUT2D eigenvalue weighted by Gasteiger charge is 2.35. The molecule has 1 fully saturated rings. The zero-order valence-corrected chi connectivity index (χ0v) is 18.2. The summed E-state index contributed by atoms with van der Waals surface area (Å²) in [6, 6.07) is 8.10. The number of carbonyl (C=O) groups is 1. The van der Waals surface area contributed by atoms with Gasteiger partial charge in [0.25, 0.3) is 0 Å². The molecule has 0 radical (unpaired) electrons. The number of likely N-dealkylation sites (tertiary alicyclic amines) is 1. The number of nitrogens with zero attached hydrogens (tertiary/aromatic N) is 1. The normalized spacial score (nSPS) is 19.1. The Kier molecular flexibility index (Phi) is 8.06. The van der Waals surface area contributed by atoms with Crippen molar-refractivity contribution in [3.63, 3.8) is 0 Å². The van der Waals surface area contributed by atoms with Crippen LogP contribution < -0.4 is 15.4 Å². The van der Waals surface area contributed by atoms with Crippen LogP contribution in [0.4, 0.5) is 19.3 Å². The Morgan fingerprint density at radius 1 is 1.19 bits per heavy atom. The lowest BCUT2D eigenvalue weighted by molar-refractivity contribution is 0.116. The molecule has 2 amide bonds. The number of amides is 2. The van der Waals surface area contributed by atoms with E-state index in [0.29, 0.717) is 43.4 Å². The number of benzene rings is 2. The van der Waals surface area contributed by atoms with Crippen LogP contribution in [0.25, 0.3) is 0 Å². The lowest BCUT2D eigenvalue weighted by Crippen LogP contribution is -2.51. The van der Waals surface area contributed by atoms with Gasteiger partial charge in [-0.1, -0.05) is 11.6 Å². The van der Waals surface area contributed by atoms with E-state index in [1.807, 2.05) is 0 Å².